The molecule has 0 aliphatic carbocycles. The molecule has 0 saturated carbocycles. The molecule has 2 N–H and O–H groups in total. The lowest BCUT2D eigenvalue weighted by Gasteiger charge is -2.09. The molecule has 27 heavy (non-hydrogen) atoms. The van der Waals surface area contributed by atoms with Crippen LogP contribution in [0.2, 0.25) is 5.02 Å². The summed E-state index contributed by atoms with van der Waals surface area (Å²) in [5.74, 6) is 0.744. The van der Waals surface area contributed by atoms with Gasteiger partial charge < -0.3 is 10.3 Å². The highest BCUT2D eigenvalue weighted by Crippen LogP contribution is 2.21. The summed E-state index contributed by atoms with van der Waals surface area (Å²) in [6, 6.07) is 11.0. The van der Waals surface area contributed by atoms with E-state index in [2.05, 4.69) is 10.3 Å². The molecule has 0 radical (unpaired) electrons. The minimum Gasteiger partial charge on any atom is -0.357 e. The van der Waals surface area contributed by atoms with E-state index in [1.54, 1.807) is 12.1 Å². The lowest BCUT2D eigenvalue weighted by Crippen LogP contribution is -2.14. The molecule has 140 valence electrons. The molecule has 0 unspecified atom stereocenters. The van der Waals surface area contributed by atoms with E-state index in [4.69, 9.17) is 11.6 Å². The molecule has 3 aromatic rings. The van der Waals surface area contributed by atoms with Gasteiger partial charge in [-0.2, -0.15) is 0 Å². The topological polar surface area (TPSA) is 62.0 Å². The maximum atomic E-state index is 12.4. The Morgan fingerprint density at radius 3 is 2.52 bits per heavy atom. The molecule has 0 saturated heterocycles. The predicted molar refractivity (Wildman–Crippen MR) is 115 cm³/mol. The second-order valence-electron chi connectivity index (χ2n) is 6.61. The molecule has 0 aliphatic rings. The van der Waals surface area contributed by atoms with E-state index in [0.717, 1.165) is 33.3 Å². The van der Waals surface area contributed by atoms with Crippen molar-refractivity contribution in [2.45, 2.75) is 26.5 Å². The second-order valence-corrected chi connectivity index (χ2v) is 8.01. The van der Waals surface area contributed by atoms with Crippen LogP contribution in [0.4, 0.5) is 5.69 Å². The molecule has 3 rings (SSSR count). The molecule has 0 atom stereocenters. The van der Waals surface area contributed by atoms with Crippen LogP contribution in [0.1, 0.15) is 22.4 Å². The number of aryl methyl sites for hydroxylation is 3. The number of carbonyl (C=O) groups excluding carboxylic acids is 1. The number of nitrogens with one attached hydrogen (secondary N) is 2. The molecule has 1 aromatic heterocycles. The van der Waals surface area contributed by atoms with Gasteiger partial charge in [0.1, 0.15) is 0 Å². The molecular formula is C21H21ClN2O2S. The first-order chi connectivity index (χ1) is 12.8. The summed E-state index contributed by atoms with van der Waals surface area (Å²) in [4.78, 5) is 27.9. The Bertz CT molecular complexity index is 1080. The number of aromatic nitrogens is 1. The van der Waals surface area contributed by atoms with E-state index in [1.165, 1.54) is 11.8 Å². The monoisotopic (exact) mass is 400 g/mol. The van der Waals surface area contributed by atoms with Crippen LogP contribution in [0, 0.1) is 20.8 Å². The zero-order chi connectivity index (χ0) is 19.6. The number of halogens is 1. The van der Waals surface area contributed by atoms with E-state index in [-0.39, 0.29) is 11.3 Å². The molecular weight excluding hydrogens is 380 g/mol. The zero-order valence-electron chi connectivity index (χ0n) is 15.5. The highest BCUT2D eigenvalue weighted by Gasteiger charge is 2.09. The van der Waals surface area contributed by atoms with Gasteiger partial charge in [0, 0.05) is 33.6 Å². The third kappa shape index (κ3) is 4.54. The average Bonchev–Trinajstić information content (AvgIpc) is 2.61. The van der Waals surface area contributed by atoms with Crippen molar-refractivity contribution in [3.8, 4) is 0 Å². The van der Waals surface area contributed by atoms with E-state index in [9.17, 15) is 9.59 Å². The SMILES string of the molecule is Cc1ccc(NC(=O)CSCc2cc(=O)c3c(C)ccc(C)c3[nH]2)cc1Cl. The molecule has 0 spiro atoms. The standard InChI is InChI=1S/C21H21ClN2O2S/c1-12-6-7-15(8-17(12)22)23-19(26)11-27-10-16-9-18(25)20-13(2)4-5-14(3)21(20)24-16/h4-9H,10-11H2,1-3H3,(H,23,26)(H,24,25). The molecule has 4 nitrogen and oxygen atoms in total. The second kappa shape index (κ2) is 8.19. The van der Waals surface area contributed by atoms with Crippen LogP contribution in [0.3, 0.4) is 0 Å². The average molecular weight is 401 g/mol. The van der Waals surface area contributed by atoms with Crippen molar-refractivity contribution in [1.29, 1.82) is 0 Å². The van der Waals surface area contributed by atoms with Crippen LogP contribution in [0.5, 0.6) is 0 Å². The number of rotatable bonds is 5. The number of fused-ring (bicyclic) bond motifs is 1. The molecule has 0 aliphatic heterocycles. The van der Waals surface area contributed by atoms with Crippen molar-refractivity contribution >= 4 is 45.9 Å². The van der Waals surface area contributed by atoms with E-state index in [1.807, 2.05) is 45.0 Å². The quantitative estimate of drug-likeness (QED) is 0.635. The number of H-pyrrole nitrogens is 1. The van der Waals surface area contributed by atoms with E-state index >= 15 is 0 Å². The number of benzene rings is 2. The van der Waals surface area contributed by atoms with Gasteiger partial charge in [0.15, 0.2) is 5.43 Å². The number of aromatic amines is 1. The fourth-order valence-electron chi connectivity index (χ4n) is 2.92. The third-order valence-corrected chi connectivity index (χ3v) is 5.79. The van der Waals surface area contributed by atoms with Crippen LogP contribution in [0.15, 0.2) is 41.2 Å². The van der Waals surface area contributed by atoms with Crippen LogP contribution in [-0.4, -0.2) is 16.6 Å². The van der Waals surface area contributed by atoms with Crippen molar-refractivity contribution in [3.05, 3.63) is 74.0 Å². The Morgan fingerprint density at radius 2 is 1.78 bits per heavy atom. The van der Waals surface area contributed by atoms with Crippen molar-refractivity contribution < 1.29 is 4.79 Å². The fourth-order valence-corrected chi connectivity index (χ4v) is 3.83. The van der Waals surface area contributed by atoms with Crippen molar-refractivity contribution in [2.75, 3.05) is 11.1 Å². The van der Waals surface area contributed by atoms with Gasteiger partial charge >= 0.3 is 0 Å². The first-order valence-electron chi connectivity index (χ1n) is 8.61. The zero-order valence-corrected chi connectivity index (χ0v) is 17.1. The summed E-state index contributed by atoms with van der Waals surface area (Å²) < 4.78 is 0. The summed E-state index contributed by atoms with van der Waals surface area (Å²) in [7, 11) is 0. The first-order valence-corrected chi connectivity index (χ1v) is 10.1. The minimum atomic E-state index is -0.102. The Balaban J connectivity index is 1.65. The van der Waals surface area contributed by atoms with Crippen molar-refractivity contribution in [1.82, 2.24) is 4.98 Å². The summed E-state index contributed by atoms with van der Waals surface area (Å²) in [5.41, 5.74) is 5.35. The summed E-state index contributed by atoms with van der Waals surface area (Å²) in [6.45, 7) is 5.83. The Kier molecular flexibility index (Phi) is 5.92. The van der Waals surface area contributed by atoms with Gasteiger partial charge in [0.2, 0.25) is 5.91 Å². The normalized spacial score (nSPS) is 11.0. The molecule has 1 heterocycles. The maximum Gasteiger partial charge on any atom is 0.234 e. The van der Waals surface area contributed by atoms with Crippen molar-refractivity contribution in [2.24, 2.45) is 0 Å². The number of hydrogen-bond acceptors (Lipinski definition) is 3. The molecule has 6 heteroatoms. The summed E-state index contributed by atoms with van der Waals surface area (Å²) in [5, 5.41) is 4.20. The van der Waals surface area contributed by atoms with E-state index in [0.29, 0.717) is 22.2 Å². The lowest BCUT2D eigenvalue weighted by atomic mass is 10.0. The van der Waals surface area contributed by atoms with Gasteiger partial charge in [0.05, 0.1) is 11.3 Å². The van der Waals surface area contributed by atoms with Crippen LogP contribution >= 0.6 is 23.4 Å². The third-order valence-electron chi connectivity index (χ3n) is 4.41. The number of pyridine rings is 1. The predicted octanol–water partition coefficient (Wildman–Crippen LogP) is 4.98. The van der Waals surface area contributed by atoms with Crippen molar-refractivity contribution in [3.63, 3.8) is 0 Å². The largest absolute Gasteiger partial charge is 0.357 e. The number of amides is 1. The molecule has 0 fully saturated rings. The van der Waals surface area contributed by atoms with Gasteiger partial charge in [-0.25, -0.2) is 0 Å². The number of thioether (sulfide) groups is 1. The van der Waals surface area contributed by atoms with Gasteiger partial charge in [-0.3, -0.25) is 9.59 Å². The summed E-state index contributed by atoms with van der Waals surface area (Å²) >= 11 is 7.53. The van der Waals surface area contributed by atoms with Gasteiger partial charge in [-0.1, -0.05) is 29.8 Å². The smallest absolute Gasteiger partial charge is 0.234 e. The van der Waals surface area contributed by atoms with Crippen LogP contribution < -0.4 is 10.7 Å². The van der Waals surface area contributed by atoms with E-state index < -0.39 is 0 Å². The van der Waals surface area contributed by atoms with Gasteiger partial charge in [-0.15, -0.1) is 11.8 Å². The number of anilines is 1. The molecule has 0 bridgehead atoms. The molecule has 1 amide bonds. The number of carbonyl (C=O) groups is 1. The number of hydrogen-bond donors (Lipinski definition) is 2. The molecule has 2 aromatic carbocycles. The van der Waals surface area contributed by atoms with Gasteiger partial charge in [-0.05, 0) is 49.6 Å². The first kappa shape index (κ1) is 19.5. The Morgan fingerprint density at radius 1 is 1.07 bits per heavy atom. The minimum absolute atomic E-state index is 0.0132. The Hall–Kier alpha value is -2.24. The summed E-state index contributed by atoms with van der Waals surface area (Å²) in [6.07, 6.45) is 0. The fraction of sp³-hybridized carbons (Fsp3) is 0.238. The van der Waals surface area contributed by atoms with Crippen LogP contribution in [-0.2, 0) is 10.5 Å². The Labute approximate surface area is 167 Å². The van der Waals surface area contributed by atoms with Gasteiger partial charge in [0.25, 0.3) is 0 Å². The van der Waals surface area contributed by atoms with Crippen LogP contribution in [0.25, 0.3) is 10.9 Å². The lowest BCUT2D eigenvalue weighted by molar-refractivity contribution is -0.113. The highest BCUT2D eigenvalue weighted by atomic mass is 35.5. The highest BCUT2D eigenvalue weighted by molar-refractivity contribution is 7.99. The maximum absolute atomic E-state index is 12.4.